The number of aromatic amines is 1. The summed E-state index contributed by atoms with van der Waals surface area (Å²) in [5, 5.41) is 12.5. The summed E-state index contributed by atoms with van der Waals surface area (Å²) < 4.78 is 5.38. The molecule has 6 nitrogen and oxygen atoms in total. The Kier molecular flexibility index (Phi) is 3.57. The number of carbonyl (C=O) groups excluding carboxylic acids is 1. The van der Waals surface area contributed by atoms with Gasteiger partial charge < -0.3 is 10.1 Å². The molecular formula is C12H14N4O2. The molecule has 0 aliphatic carbocycles. The molecule has 94 valence electrons. The maximum atomic E-state index is 11.8. The fraction of sp³-hybridized carbons (Fsp3) is 0.250. The number of hydrogen-bond donors (Lipinski definition) is 2. The van der Waals surface area contributed by atoms with Gasteiger partial charge in [0.05, 0.1) is 12.8 Å². The van der Waals surface area contributed by atoms with Gasteiger partial charge in [0.15, 0.2) is 5.69 Å². The molecule has 2 rings (SSSR count). The summed E-state index contributed by atoms with van der Waals surface area (Å²) >= 11 is 0. The fourth-order valence-electron chi connectivity index (χ4n) is 1.53. The van der Waals surface area contributed by atoms with E-state index in [4.69, 9.17) is 4.74 Å². The molecule has 0 spiro atoms. The van der Waals surface area contributed by atoms with E-state index in [1.54, 1.807) is 6.07 Å². The first-order valence-corrected chi connectivity index (χ1v) is 5.61. The molecule has 0 bridgehead atoms. The summed E-state index contributed by atoms with van der Waals surface area (Å²) in [6, 6.07) is 5.50. The van der Waals surface area contributed by atoms with Crippen molar-refractivity contribution in [1.29, 1.82) is 0 Å². The van der Waals surface area contributed by atoms with Crippen LogP contribution in [0.5, 0.6) is 5.75 Å². The van der Waals surface area contributed by atoms with E-state index in [1.165, 1.54) is 6.20 Å². The normalized spacial score (nSPS) is 10.1. The van der Waals surface area contributed by atoms with Gasteiger partial charge in [0.1, 0.15) is 5.75 Å². The van der Waals surface area contributed by atoms with E-state index < -0.39 is 0 Å². The van der Waals surface area contributed by atoms with Crippen LogP contribution in [0.15, 0.2) is 24.4 Å². The zero-order chi connectivity index (χ0) is 13.0. The maximum Gasteiger partial charge on any atom is 0.277 e. The molecule has 1 amide bonds. The Morgan fingerprint density at radius 1 is 1.50 bits per heavy atom. The predicted molar refractivity (Wildman–Crippen MR) is 66.7 cm³/mol. The number of nitrogens with one attached hydrogen (secondary N) is 2. The Balaban J connectivity index is 2.12. The Hall–Kier alpha value is -2.37. The molecule has 0 unspecified atom stereocenters. The first kappa shape index (κ1) is 12.1. The van der Waals surface area contributed by atoms with Crippen molar-refractivity contribution in [1.82, 2.24) is 15.4 Å². The van der Waals surface area contributed by atoms with E-state index in [0.29, 0.717) is 6.61 Å². The Morgan fingerprint density at radius 2 is 2.33 bits per heavy atom. The number of hydrogen-bond acceptors (Lipinski definition) is 4. The van der Waals surface area contributed by atoms with Crippen molar-refractivity contribution in [3.63, 3.8) is 0 Å². The minimum atomic E-state index is -0.295. The minimum absolute atomic E-state index is 0.253. The van der Waals surface area contributed by atoms with Crippen molar-refractivity contribution in [3.8, 4) is 5.75 Å². The zero-order valence-corrected chi connectivity index (χ0v) is 10.2. The Bertz CT molecular complexity index is 537. The van der Waals surface area contributed by atoms with Crippen LogP contribution in [0.3, 0.4) is 0 Å². The summed E-state index contributed by atoms with van der Waals surface area (Å²) in [7, 11) is 0. The Morgan fingerprint density at radius 3 is 2.94 bits per heavy atom. The first-order chi connectivity index (χ1) is 8.70. The number of benzene rings is 1. The molecule has 1 heterocycles. The maximum absolute atomic E-state index is 11.8. The van der Waals surface area contributed by atoms with Crippen molar-refractivity contribution < 1.29 is 9.53 Å². The highest BCUT2D eigenvalue weighted by molar-refractivity contribution is 6.03. The van der Waals surface area contributed by atoms with Gasteiger partial charge in [-0.05, 0) is 37.6 Å². The van der Waals surface area contributed by atoms with Crippen molar-refractivity contribution in [3.05, 3.63) is 35.7 Å². The lowest BCUT2D eigenvalue weighted by atomic mass is 10.2. The molecule has 6 heteroatoms. The Labute approximate surface area is 104 Å². The standard InChI is InChI=1S/C12H14N4O2/c1-3-18-9-4-5-10(8(2)6-9)14-12(17)11-7-13-16-15-11/h4-7H,3H2,1-2H3,(H,14,17)(H,13,15,16). The molecule has 18 heavy (non-hydrogen) atoms. The van der Waals surface area contributed by atoms with Crippen molar-refractivity contribution >= 4 is 11.6 Å². The summed E-state index contributed by atoms with van der Waals surface area (Å²) in [5.74, 6) is 0.491. The molecular weight excluding hydrogens is 232 g/mol. The van der Waals surface area contributed by atoms with Gasteiger partial charge in [-0.1, -0.05) is 0 Å². The lowest BCUT2D eigenvalue weighted by Gasteiger charge is -2.09. The molecule has 0 atom stereocenters. The number of aromatic nitrogens is 3. The monoisotopic (exact) mass is 246 g/mol. The van der Waals surface area contributed by atoms with Gasteiger partial charge in [-0.15, -0.1) is 0 Å². The molecule has 0 aliphatic heterocycles. The summed E-state index contributed by atoms with van der Waals surface area (Å²) in [6.45, 7) is 4.45. The highest BCUT2D eigenvalue weighted by Gasteiger charge is 2.10. The summed E-state index contributed by atoms with van der Waals surface area (Å²) in [5.41, 5.74) is 1.91. The quantitative estimate of drug-likeness (QED) is 0.861. The van der Waals surface area contributed by atoms with Crippen LogP contribution in [0.4, 0.5) is 5.69 Å². The average Bonchev–Trinajstić information content (AvgIpc) is 2.86. The third kappa shape index (κ3) is 2.65. The molecule has 1 aromatic heterocycles. The largest absolute Gasteiger partial charge is 0.494 e. The summed E-state index contributed by atoms with van der Waals surface area (Å²) in [6.07, 6.45) is 1.37. The van der Waals surface area contributed by atoms with E-state index in [-0.39, 0.29) is 11.6 Å². The number of rotatable bonds is 4. The zero-order valence-electron chi connectivity index (χ0n) is 10.2. The van der Waals surface area contributed by atoms with Gasteiger partial charge in [-0.25, -0.2) is 0 Å². The SMILES string of the molecule is CCOc1ccc(NC(=O)c2cn[nH]n2)c(C)c1. The van der Waals surface area contributed by atoms with Gasteiger partial charge in [0.25, 0.3) is 5.91 Å². The molecule has 2 N–H and O–H groups in total. The highest BCUT2D eigenvalue weighted by Crippen LogP contribution is 2.21. The highest BCUT2D eigenvalue weighted by atomic mass is 16.5. The third-order valence-electron chi connectivity index (χ3n) is 2.40. The van der Waals surface area contributed by atoms with Gasteiger partial charge >= 0.3 is 0 Å². The average molecular weight is 246 g/mol. The topological polar surface area (TPSA) is 79.9 Å². The first-order valence-electron chi connectivity index (χ1n) is 5.61. The number of carbonyl (C=O) groups is 1. The van der Waals surface area contributed by atoms with Crippen molar-refractivity contribution in [2.24, 2.45) is 0 Å². The second-order valence-corrected chi connectivity index (χ2v) is 3.72. The fourth-order valence-corrected chi connectivity index (χ4v) is 1.53. The van der Waals surface area contributed by atoms with Gasteiger partial charge in [0, 0.05) is 5.69 Å². The van der Waals surface area contributed by atoms with Gasteiger partial charge in [-0.3, -0.25) is 4.79 Å². The minimum Gasteiger partial charge on any atom is -0.494 e. The number of nitrogens with zero attached hydrogens (tertiary/aromatic N) is 2. The van der Waals surface area contributed by atoms with Gasteiger partial charge in [-0.2, -0.15) is 15.4 Å². The number of H-pyrrole nitrogens is 1. The molecule has 2 aromatic rings. The van der Waals surface area contributed by atoms with Crippen LogP contribution >= 0.6 is 0 Å². The molecule has 0 radical (unpaired) electrons. The van der Waals surface area contributed by atoms with Gasteiger partial charge in [0.2, 0.25) is 0 Å². The predicted octanol–water partition coefficient (Wildman–Crippen LogP) is 1.76. The molecule has 0 saturated carbocycles. The van der Waals surface area contributed by atoms with Crippen LogP contribution in [0.25, 0.3) is 0 Å². The van der Waals surface area contributed by atoms with E-state index >= 15 is 0 Å². The van der Waals surface area contributed by atoms with E-state index in [2.05, 4.69) is 20.7 Å². The van der Waals surface area contributed by atoms with E-state index in [1.807, 2.05) is 26.0 Å². The number of ether oxygens (including phenoxy) is 1. The van der Waals surface area contributed by atoms with Crippen molar-refractivity contribution in [2.45, 2.75) is 13.8 Å². The van der Waals surface area contributed by atoms with E-state index in [9.17, 15) is 4.79 Å². The van der Waals surface area contributed by atoms with Crippen LogP contribution in [0.2, 0.25) is 0 Å². The number of anilines is 1. The lowest BCUT2D eigenvalue weighted by Crippen LogP contribution is -2.13. The lowest BCUT2D eigenvalue weighted by molar-refractivity contribution is 0.102. The van der Waals surface area contributed by atoms with Crippen LogP contribution in [0, 0.1) is 6.92 Å². The van der Waals surface area contributed by atoms with Crippen LogP contribution in [0.1, 0.15) is 23.0 Å². The summed E-state index contributed by atoms with van der Waals surface area (Å²) in [4.78, 5) is 11.8. The number of amides is 1. The van der Waals surface area contributed by atoms with Crippen LogP contribution in [-0.4, -0.2) is 27.9 Å². The molecule has 0 aliphatic rings. The third-order valence-corrected chi connectivity index (χ3v) is 2.40. The second kappa shape index (κ2) is 5.31. The molecule has 1 aromatic carbocycles. The van der Waals surface area contributed by atoms with Crippen molar-refractivity contribution in [2.75, 3.05) is 11.9 Å². The second-order valence-electron chi connectivity index (χ2n) is 3.72. The van der Waals surface area contributed by atoms with Crippen LogP contribution < -0.4 is 10.1 Å². The molecule has 0 saturated heterocycles. The molecule has 0 fully saturated rings. The van der Waals surface area contributed by atoms with Crippen LogP contribution in [-0.2, 0) is 0 Å². The number of aryl methyl sites for hydroxylation is 1. The van der Waals surface area contributed by atoms with E-state index in [0.717, 1.165) is 17.0 Å². The smallest absolute Gasteiger partial charge is 0.277 e.